The molecular formula is C7H10N2. The summed E-state index contributed by atoms with van der Waals surface area (Å²) in [6, 6.07) is 0. The van der Waals surface area contributed by atoms with E-state index in [0.29, 0.717) is 5.92 Å². The molecule has 0 saturated heterocycles. The van der Waals surface area contributed by atoms with E-state index in [2.05, 4.69) is 4.79 Å². The minimum atomic E-state index is 0.653. The summed E-state index contributed by atoms with van der Waals surface area (Å²) < 4.78 is 0. The molecule has 2 nitrogen and oxygen atoms in total. The van der Waals surface area contributed by atoms with Gasteiger partial charge in [-0.1, -0.05) is 0 Å². The summed E-state index contributed by atoms with van der Waals surface area (Å²) >= 11 is 0. The minimum Gasteiger partial charge on any atom is -0.362 e. The molecule has 2 aliphatic rings. The van der Waals surface area contributed by atoms with Crippen molar-refractivity contribution >= 4 is 5.71 Å². The van der Waals surface area contributed by atoms with E-state index in [9.17, 15) is 0 Å². The van der Waals surface area contributed by atoms with Crippen LogP contribution in [0, 0.1) is 11.8 Å². The predicted molar refractivity (Wildman–Crippen MR) is 34.1 cm³/mol. The molecule has 2 saturated carbocycles. The van der Waals surface area contributed by atoms with Crippen LogP contribution in [0.2, 0.25) is 0 Å². The molecule has 2 fully saturated rings. The lowest BCUT2D eigenvalue weighted by Gasteiger charge is -2.01. The topological polar surface area (TPSA) is 36.4 Å². The van der Waals surface area contributed by atoms with E-state index >= 15 is 0 Å². The van der Waals surface area contributed by atoms with Crippen LogP contribution in [0.25, 0.3) is 5.53 Å². The third-order valence-electron chi connectivity index (χ3n) is 2.64. The minimum absolute atomic E-state index is 0.653. The van der Waals surface area contributed by atoms with Crippen LogP contribution >= 0.6 is 0 Å². The molecule has 0 aromatic rings. The van der Waals surface area contributed by atoms with Gasteiger partial charge in [0.1, 0.15) is 0 Å². The molecule has 0 N–H and O–H groups in total. The largest absolute Gasteiger partial charge is 0.362 e. The van der Waals surface area contributed by atoms with Gasteiger partial charge in [-0.25, -0.2) is 0 Å². The van der Waals surface area contributed by atoms with Crippen molar-refractivity contribution in [3.8, 4) is 0 Å². The highest BCUT2D eigenvalue weighted by Crippen LogP contribution is 2.41. The molecule has 2 bridgehead atoms. The Kier molecular flexibility index (Phi) is 0.967. The van der Waals surface area contributed by atoms with Crippen LogP contribution in [0.4, 0.5) is 0 Å². The highest BCUT2D eigenvalue weighted by atomic mass is 14.9. The SMILES string of the molecule is [N-]=[N+]=C1C[C@@H]2CC[C@@H]1C2. The fourth-order valence-corrected chi connectivity index (χ4v) is 2.15. The summed E-state index contributed by atoms with van der Waals surface area (Å²) in [5.74, 6) is 1.51. The zero-order chi connectivity index (χ0) is 6.27. The summed E-state index contributed by atoms with van der Waals surface area (Å²) in [5, 5.41) is 0. The maximum absolute atomic E-state index is 8.48. The van der Waals surface area contributed by atoms with Gasteiger partial charge < -0.3 is 5.53 Å². The molecule has 2 aliphatic carbocycles. The van der Waals surface area contributed by atoms with Gasteiger partial charge in [0.25, 0.3) is 5.71 Å². The average Bonchev–Trinajstić information content (AvgIpc) is 2.45. The van der Waals surface area contributed by atoms with Crippen molar-refractivity contribution in [1.82, 2.24) is 0 Å². The van der Waals surface area contributed by atoms with E-state index in [-0.39, 0.29) is 0 Å². The van der Waals surface area contributed by atoms with Crippen LogP contribution in [-0.2, 0) is 0 Å². The first-order valence-corrected chi connectivity index (χ1v) is 3.61. The first-order chi connectivity index (χ1) is 4.40. The third kappa shape index (κ3) is 0.632. The van der Waals surface area contributed by atoms with Crippen molar-refractivity contribution in [3.05, 3.63) is 5.53 Å². The summed E-state index contributed by atoms with van der Waals surface area (Å²) in [5.41, 5.74) is 9.54. The van der Waals surface area contributed by atoms with E-state index in [1.165, 1.54) is 19.3 Å². The summed E-state index contributed by atoms with van der Waals surface area (Å²) in [6.45, 7) is 0. The highest BCUT2D eigenvalue weighted by molar-refractivity contribution is 5.84. The molecule has 2 heteroatoms. The Balaban J connectivity index is 2.28. The third-order valence-corrected chi connectivity index (χ3v) is 2.64. The van der Waals surface area contributed by atoms with Gasteiger partial charge in [-0.15, -0.1) is 0 Å². The van der Waals surface area contributed by atoms with Crippen LogP contribution in [0.5, 0.6) is 0 Å². The van der Waals surface area contributed by atoms with Crippen molar-refractivity contribution in [1.29, 1.82) is 0 Å². The van der Waals surface area contributed by atoms with Gasteiger partial charge in [0.05, 0.1) is 5.92 Å². The number of hydrogen-bond acceptors (Lipinski definition) is 0. The van der Waals surface area contributed by atoms with E-state index in [1.807, 2.05) is 0 Å². The lowest BCUT2D eigenvalue weighted by Crippen LogP contribution is -2.09. The highest BCUT2D eigenvalue weighted by Gasteiger charge is 2.41. The first-order valence-electron chi connectivity index (χ1n) is 3.61. The Bertz CT molecular complexity index is 179. The molecule has 0 aromatic heterocycles. The van der Waals surface area contributed by atoms with Crippen molar-refractivity contribution in [2.75, 3.05) is 0 Å². The Labute approximate surface area is 54.5 Å². The molecule has 0 radical (unpaired) electrons. The molecule has 9 heavy (non-hydrogen) atoms. The van der Waals surface area contributed by atoms with Gasteiger partial charge in [-0.3, -0.25) is 0 Å². The van der Waals surface area contributed by atoms with E-state index < -0.39 is 0 Å². The van der Waals surface area contributed by atoms with Crippen LogP contribution in [0.3, 0.4) is 0 Å². The fourth-order valence-electron chi connectivity index (χ4n) is 2.15. The second-order valence-electron chi connectivity index (χ2n) is 3.17. The maximum Gasteiger partial charge on any atom is 0.272 e. The normalized spacial score (nSPS) is 39.3. The number of hydrogen-bond donors (Lipinski definition) is 0. The lowest BCUT2D eigenvalue weighted by atomic mass is 9.99. The molecule has 2 rings (SSSR count). The Morgan fingerprint density at radius 3 is 2.67 bits per heavy atom. The zero-order valence-electron chi connectivity index (χ0n) is 5.38. The van der Waals surface area contributed by atoms with Gasteiger partial charge in [-0.2, -0.15) is 4.79 Å². The van der Waals surface area contributed by atoms with Crippen molar-refractivity contribution < 1.29 is 4.79 Å². The van der Waals surface area contributed by atoms with E-state index in [1.54, 1.807) is 0 Å². The summed E-state index contributed by atoms with van der Waals surface area (Å²) in [4.78, 5) is 3.29. The van der Waals surface area contributed by atoms with E-state index in [4.69, 9.17) is 5.53 Å². The van der Waals surface area contributed by atoms with Gasteiger partial charge in [0.15, 0.2) is 0 Å². The Hall–Kier alpha value is -0.620. The Morgan fingerprint density at radius 1 is 1.44 bits per heavy atom. The second-order valence-corrected chi connectivity index (χ2v) is 3.17. The molecule has 0 unspecified atom stereocenters. The molecule has 0 aromatic carbocycles. The van der Waals surface area contributed by atoms with Gasteiger partial charge in [-0.05, 0) is 25.2 Å². The molecule has 0 aliphatic heterocycles. The second kappa shape index (κ2) is 1.68. The molecule has 0 amide bonds. The maximum atomic E-state index is 8.48. The predicted octanol–water partition coefficient (Wildman–Crippen LogP) is 1.48. The number of nitrogens with zero attached hydrogens (tertiary/aromatic N) is 2. The standard InChI is InChI=1S/C7H10N2/c8-9-7-4-5-1-2-6(7)3-5/h5-6H,1-4H2/t5-,6-/m1/s1. The van der Waals surface area contributed by atoms with Gasteiger partial charge in [0.2, 0.25) is 0 Å². The van der Waals surface area contributed by atoms with Gasteiger partial charge >= 0.3 is 0 Å². The van der Waals surface area contributed by atoms with Crippen LogP contribution in [0.15, 0.2) is 0 Å². The molecule has 2 atom stereocenters. The molecule has 0 heterocycles. The van der Waals surface area contributed by atoms with Crippen LogP contribution in [-0.4, -0.2) is 10.5 Å². The monoisotopic (exact) mass is 122 g/mol. The summed E-state index contributed by atoms with van der Waals surface area (Å²) in [7, 11) is 0. The van der Waals surface area contributed by atoms with Crippen LogP contribution in [0.1, 0.15) is 25.7 Å². The van der Waals surface area contributed by atoms with Crippen LogP contribution < -0.4 is 0 Å². The lowest BCUT2D eigenvalue weighted by molar-refractivity contribution is -0.0147. The number of fused-ring (bicyclic) bond motifs is 2. The fraction of sp³-hybridized carbons (Fsp3) is 0.857. The Morgan fingerprint density at radius 2 is 2.33 bits per heavy atom. The van der Waals surface area contributed by atoms with Crippen molar-refractivity contribution in [2.45, 2.75) is 25.7 Å². The first kappa shape index (κ1) is 5.19. The van der Waals surface area contributed by atoms with Crippen molar-refractivity contribution in [2.24, 2.45) is 11.8 Å². The van der Waals surface area contributed by atoms with E-state index in [0.717, 1.165) is 18.1 Å². The quantitative estimate of drug-likeness (QED) is 0.344. The van der Waals surface area contributed by atoms with Gasteiger partial charge in [0, 0.05) is 6.42 Å². The molecular weight excluding hydrogens is 112 g/mol. The smallest absolute Gasteiger partial charge is 0.272 e. The summed E-state index contributed by atoms with van der Waals surface area (Å²) in [6.07, 6.45) is 4.99. The average molecular weight is 122 g/mol. The number of rotatable bonds is 0. The van der Waals surface area contributed by atoms with Crippen molar-refractivity contribution in [3.63, 3.8) is 0 Å². The molecule has 48 valence electrons. The zero-order valence-corrected chi connectivity index (χ0v) is 5.38. The molecule has 0 spiro atoms.